The summed E-state index contributed by atoms with van der Waals surface area (Å²) in [7, 11) is 0. The van der Waals surface area contributed by atoms with Crippen molar-refractivity contribution in [1.29, 1.82) is 5.26 Å². The van der Waals surface area contributed by atoms with E-state index in [-0.39, 0.29) is 12.2 Å². The molecule has 0 aliphatic rings. The lowest BCUT2D eigenvalue weighted by molar-refractivity contribution is -0.152. The van der Waals surface area contributed by atoms with E-state index in [2.05, 4.69) is 5.32 Å². The van der Waals surface area contributed by atoms with Crippen LogP contribution in [-0.2, 0) is 20.7 Å². The lowest BCUT2D eigenvalue weighted by Gasteiger charge is -2.13. The van der Waals surface area contributed by atoms with Crippen molar-refractivity contribution in [2.75, 3.05) is 5.32 Å². The van der Waals surface area contributed by atoms with Gasteiger partial charge in [-0.05, 0) is 42.8 Å². The summed E-state index contributed by atoms with van der Waals surface area (Å²) in [5, 5.41) is 11.4. The molecule has 0 saturated heterocycles. The molecule has 0 fully saturated rings. The van der Waals surface area contributed by atoms with Crippen LogP contribution in [0.5, 0.6) is 0 Å². The number of nitrogens with zero attached hydrogens (tertiary/aromatic N) is 1. The molecule has 0 bridgehead atoms. The van der Waals surface area contributed by atoms with E-state index in [1.807, 2.05) is 6.07 Å². The number of halogens is 1. The quantitative estimate of drug-likeness (QED) is 0.857. The molecule has 0 aliphatic heterocycles. The molecule has 2 rings (SSSR count). The summed E-state index contributed by atoms with van der Waals surface area (Å²) in [5.41, 5.74) is 1.45. The molecule has 1 amide bonds. The van der Waals surface area contributed by atoms with Gasteiger partial charge in [0, 0.05) is 5.69 Å². The van der Waals surface area contributed by atoms with Crippen LogP contribution in [0.15, 0.2) is 48.5 Å². The van der Waals surface area contributed by atoms with E-state index in [0.717, 1.165) is 0 Å². The molecule has 2 aromatic carbocycles. The number of amides is 1. The van der Waals surface area contributed by atoms with Gasteiger partial charge in [-0.3, -0.25) is 9.59 Å². The molecule has 24 heavy (non-hydrogen) atoms. The number of carbonyl (C=O) groups excluding carboxylic acids is 2. The van der Waals surface area contributed by atoms with Crippen LogP contribution >= 0.6 is 0 Å². The fourth-order valence-electron chi connectivity index (χ4n) is 1.97. The summed E-state index contributed by atoms with van der Waals surface area (Å²) >= 11 is 0. The van der Waals surface area contributed by atoms with Crippen molar-refractivity contribution in [2.24, 2.45) is 0 Å². The first kappa shape index (κ1) is 17.2. The van der Waals surface area contributed by atoms with E-state index in [4.69, 9.17) is 10.00 Å². The number of nitrogens with one attached hydrogen (secondary N) is 1. The zero-order valence-electron chi connectivity index (χ0n) is 13.0. The van der Waals surface area contributed by atoms with Crippen LogP contribution < -0.4 is 5.32 Å². The molecule has 0 aromatic heterocycles. The second-order valence-electron chi connectivity index (χ2n) is 5.12. The number of benzene rings is 2. The number of anilines is 1. The average molecular weight is 326 g/mol. The molecule has 2 aromatic rings. The van der Waals surface area contributed by atoms with Crippen LogP contribution in [0.25, 0.3) is 0 Å². The van der Waals surface area contributed by atoms with E-state index in [1.165, 1.54) is 37.3 Å². The molecule has 0 heterocycles. The van der Waals surface area contributed by atoms with Gasteiger partial charge >= 0.3 is 5.97 Å². The Bertz CT molecular complexity index is 782. The Balaban J connectivity index is 1.89. The molecular weight excluding hydrogens is 311 g/mol. The molecule has 122 valence electrons. The Morgan fingerprint density at radius 1 is 1.25 bits per heavy atom. The van der Waals surface area contributed by atoms with Crippen molar-refractivity contribution < 1.29 is 18.7 Å². The highest BCUT2D eigenvalue weighted by molar-refractivity contribution is 5.95. The van der Waals surface area contributed by atoms with Crippen molar-refractivity contribution in [3.63, 3.8) is 0 Å². The largest absolute Gasteiger partial charge is 0.452 e. The van der Waals surface area contributed by atoms with Gasteiger partial charge < -0.3 is 10.1 Å². The molecule has 1 atom stereocenters. The first-order valence-corrected chi connectivity index (χ1v) is 7.23. The van der Waals surface area contributed by atoms with Gasteiger partial charge in [-0.1, -0.05) is 18.2 Å². The zero-order chi connectivity index (χ0) is 17.5. The van der Waals surface area contributed by atoms with Crippen LogP contribution in [0.3, 0.4) is 0 Å². The number of carbonyl (C=O) groups is 2. The fraction of sp³-hybridized carbons (Fsp3) is 0.167. The molecule has 1 unspecified atom stereocenters. The van der Waals surface area contributed by atoms with Gasteiger partial charge in [0.1, 0.15) is 5.82 Å². The summed E-state index contributed by atoms with van der Waals surface area (Å²) in [6.07, 6.45) is -1.05. The Kier molecular flexibility index (Phi) is 5.63. The Morgan fingerprint density at radius 2 is 1.96 bits per heavy atom. The minimum absolute atomic E-state index is 0.0538. The van der Waals surface area contributed by atoms with Gasteiger partial charge in [0.15, 0.2) is 6.10 Å². The van der Waals surface area contributed by atoms with Gasteiger partial charge in [0.2, 0.25) is 0 Å². The van der Waals surface area contributed by atoms with Gasteiger partial charge in [0.05, 0.1) is 18.1 Å². The van der Waals surface area contributed by atoms with Crippen molar-refractivity contribution >= 4 is 17.6 Å². The molecular formula is C18H15FN2O3. The molecule has 0 spiro atoms. The zero-order valence-corrected chi connectivity index (χ0v) is 13.0. The van der Waals surface area contributed by atoms with E-state index >= 15 is 0 Å². The first-order valence-electron chi connectivity index (χ1n) is 7.23. The highest BCUT2D eigenvalue weighted by Gasteiger charge is 2.18. The topological polar surface area (TPSA) is 79.2 Å². The SMILES string of the molecule is CC(OC(=O)Cc1ccc(F)cc1)C(=O)Nc1cccc(C#N)c1. The number of hydrogen-bond acceptors (Lipinski definition) is 4. The first-order chi connectivity index (χ1) is 11.5. The number of hydrogen-bond donors (Lipinski definition) is 1. The molecule has 0 radical (unpaired) electrons. The molecule has 6 heteroatoms. The van der Waals surface area contributed by atoms with Crippen molar-refractivity contribution in [1.82, 2.24) is 0 Å². The van der Waals surface area contributed by atoms with E-state index in [9.17, 15) is 14.0 Å². The predicted octanol–water partition coefficient (Wildman–Crippen LogP) is 2.81. The van der Waals surface area contributed by atoms with Gasteiger partial charge in [-0.15, -0.1) is 0 Å². The number of nitriles is 1. The molecule has 1 N–H and O–H groups in total. The molecule has 5 nitrogen and oxygen atoms in total. The summed E-state index contributed by atoms with van der Waals surface area (Å²) in [4.78, 5) is 23.8. The van der Waals surface area contributed by atoms with Crippen LogP contribution in [-0.4, -0.2) is 18.0 Å². The summed E-state index contributed by atoms with van der Waals surface area (Å²) in [5.74, 6) is -1.48. The summed E-state index contributed by atoms with van der Waals surface area (Å²) in [6, 6.07) is 13.8. The van der Waals surface area contributed by atoms with Crippen LogP contribution in [0.1, 0.15) is 18.1 Å². The maximum Gasteiger partial charge on any atom is 0.311 e. The predicted molar refractivity (Wildman–Crippen MR) is 85.4 cm³/mol. The summed E-state index contributed by atoms with van der Waals surface area (Å²) in [6.45, 7) is 1.45. The lowest BCUT2D eigenvalue weighted by atomic mass is 10.1. The van der Waals surface area contributed by atoms with Crippen molar-refractivity contribution in [3.8, 4) is 6.07 Å². The Hall–Kier alpha value is -3.20. The van der Waals surface area contributed by atoms with E-state index < -0.39 is 18.0 Å². The highest BCUT2D eigenvalue weighted by atomic mass is 19.1. The van der Waals surface area contributed by atoms with Crippen molar-refractivity contribution in [2.45, 2.75) is 19.4 Å². The van der Waals surface area contributed by atoms with Crippen LogP contribution in [0.2, 0.25) is 0 Å². The summed E-state index contributed by atoms with van der Waals surface area (Å²) < 4.78 is 17.9. The second-order valence-corrected chi connectivity index (χ2v) is 5.12. The van der Waals surface area contributed by atoms with E-state index in [1.54, 1.807) is 18.2 Å². The molecule has 0 aliphatic carbocycles. The average Bonchev–Trinajstić information content (AvgIpc) is 2.57. The third-order valence-electron chi connectivity index (χ3n) is 3.20. The standard InChI is InChI=1S/C18H15FN2O3/c1-12(18(23)21-16-4-2-3-14(9-16)11-20)24-17(22)10-13-5-7-15(19)8-6-13/h2-9,12H,10H2,1H3,(H,21,23). The lowest BCUT2D eigenvalue weighted by Crippen LogP contribution is -2.30. The van der Waals surface area contributed by atoms with Gasteiger partial charge in [-0.25, -0.2) is 4.39 Å². The smallest absolute Gasteiger partial charge is 0.311 e. The van der Waals surface area contributed by atoms with Crippen LogP contribution in [0.4, 0.5) is 10.1 Å². The van der Waals surface area contributed by atoms with Gasteiger partial charge in [-0.2, -0.15) is 5.26 Å². The van der Waals surface area contributed by atoms with Gasteiger partial charge in [0.25, 0.3) is 5.91 Å². The normalized spacial score (nSPS) is 11.2. The highest BCUT2D eigenvalue weighted by Crippen LogP contribution is 2.11. The maximum absolute atomic E-state index is 12.8. The minimum atomic E-state index is -0.997. The third kappa shape index (κ3) is 4.92. The Labute approximate surface area is 138 Å². The minimum Gasteiger partial charge on any atom is -0.452 e. The Morgan fingerprint density at radius 3 is 2.62 bits per heavy atom. The van der Waals surface area contributed by atoms with Crippen molar-refractivity contribution in [3.05, 3.63) is 65.5 Å². The number of rotatable bonds is 5. The second kappa shape index (κ2) is 7.88. The number of esters is 1. The van der Waals surface area contributed by atoms with Crippen LogP contribution in [0, 0.1) is 17.1 Å². The monoisotopic (exact) mass is 326 g/mol. The number of ether oxygens (including phenoxy) is 1. The third-order valence-corrected chi connectivity index (χ3v) is 3.20. The molecule has 0 saturated carbocycles. The van der Waals surface area contributed by atoms with E-state index in [0.29, 0.717) is 16.8 Å². The fourth-order valence-corrected chi connectivity index (χ4v) is 1.97. The maximum atomic E-state index is 12.8.